The molecule has 0 aliphatic carbocycles. The maximum absolute atomic E-state index is 12.3. The van der Waals surface area contributed by atoms with Gasteiger partial charge in [-0.15, -0.1) is 0 Å². The lowest BCUT2D eigenvalue weighted by molar-refractivity contribution is -0.138. The van der Waals surface area contributed by atoms with Crippen LogP contribution < -0.4 is 11.1 Å². The Labute approximate surface area is 98.0 Å². The second-order valence-electron chi connectivity index (χ2n) is 3.03. The van der Waals surface area contributed by atoms with E-state index in [0.29, 0.717) is 25.8 Å². The second kappa shape index (κ2) is 7.78. The summed E-state index contributed by atoms with van der Waals surface area (Å²) in [6.45, 7) is 0.471. The number of thiocarbonyl (C=S) groups is 1. The molecule has 0 spiro atoms. The van der Waals surface area contributed by atoms with E-state index in [4.69, 9.17) is 22.4 Å². The summed E-state index contributed by atoms with van der Waals surface area (Å²) in [5, 5.41) is 11.1. The number of hydrogen-bond donors (Lipinski definition) is 3. The molecule has 0 amide bonds. The second-order valence-corrected chi connectivity index (χ2v) is 3.86. The van der Waals surface area contributed by atoms with Crippen LogP contribution in [0.3, 0.4) is 0 Å². The average molecular weight is 257 g/mol. The van der Waals surface area contributed by atoms with Gasteiger partial charge in [0.15, 0.2) is 0 Å². The van der Waals surface area contributed by atoms with Gasteiger partial charge in [-0.3, -0.25) is 4.79 Å². The Morgan fingerprint density at radius 2 is 2.20 bits per heavy atom. The molecule has 4 nitrogen and oxygen atoms in total. The number of alkyl halides is 2. The van der Waals surface area contributed by atoms with Crippen LogP contribution in [0.15, 0.2) is 0 Å². The van der Waals surface area contributed by atoms with Crippen LogP contribution >= 0.6 is 23.8 Å². The smallest absolute Gasteiger partial charge is 0.320 e. The highest BCUT2D eigenvalue weighted by atomic mass is 35.5. The van der Waals surface area contributed by atoms with Crippen LogP contribution in [0, 0.1) is 0 Å². The minimum atomic E-state index is -1.67. The van der Waals surface area contributed by atoms with Crippen molar-refractivity contribution in [1.29, 1.82) is 0 Å². The van der Waals surface area contributed by atoms with Gasteiger partial charge >= 0.3 is 5.97 Å². The number of nitrogens with one attached hydrogen (secondary N) is 1. The van der Waals surface area contributed by atoms with Crippen LogP contribution in [0.4, 0.5) is 4.39 Å². The van der Waals surface area contributed by atoms with Gasteiger partial charge in [0, 0.05) is 6.54 Å². The largest absolute Gasteiger partial charge is 0.480 e. The first-order chi connectivity index (χ1) is 6.95. The molecule has 0 saturated carbocycles. The molecule has 0 bridgehead atoms. The fourth-order valence-corrected chi connectivity index (χ4v) is 1.08. The molecule has 0 radical (unpaired) electrons. The molecule has 7 heteroatoms. The molecule has 0 heterocycles. The first-order valence-electron chi connectivity index (χ1n) is 4.49. The van der Waals surface area contributed by atoms with Crippen molar-refractivity contribution >= 4 is 34.8 Å². The van der Waals surface area contributed by atoms with E-state index in [1.54, 1.807) is 0 Å². The first-order valence-corrected chi connectivity index (χ1v) is 5.34. The maximum atomic E-state index is 12.3. The summed E-state index contributed by atoms with van der Waals surface area (Å²) in [7, 11) is 0. The SMILES string of the molecule is N[C@@H](CCCCNC(=S)C(F)Cl)C(=O)O. The lowest BCUT2D eigenvalue weighted by Crippen LogP contribution is -2.31. The van der Waals surface area contributed by atoms with E-state index in [-0.39, 0.29) is 4.99 Å². The van der Waals surface area contributed by atoms with Crippen LogP contribution in [0.1, 0.15) is 19.3 Å². The van der Waals surface area contributed by atoms with E-state index in [2.05, 4.69) is 17.5 Å². The number of hydrogen-bond acceptors (Lipinski definition) is 3. The van der Waals surface area contributed by atoms with Crippen molar-refractivity contribution in [3.05, 3.63) is 0 Å². The third kappa shape index (κ3) is 7.47. The molecule has 0 fully saturated rings. The molecule has 0 aromatic heterocycles. The molecule has 0 aromatic rings. The summed E-state index contributed by atoms with van der Waals surface area (Å²) in [5.41, 5.74) is 3.61. The van der Waals surface area contributed by atoms with Crippen molar-refractivity contribution < 1.29 is 14.3 Å². The fraction of sp³-hybridized carbons (Fsp3) is 0.750. The fourth-order valence-electron chi connectivity index (χ4n) is 0.901. The Hall–Kier alpha value is -0.460. The van der Waals surface area contributed by atoms with Crippen molar-refractivity contribution in [1.82, 2.24) is 5.32 Å². The molecule has 2 atom stereocenters. The molecule has 4 N–H and O–H groups in total. The molecular formula is C8H14ClFN2O2S. The lowest BCUT2D eigenvalue weighted by atomic mass is 10.1. The third-order valence-electron chi connectivity index (χ3n) is 1.76. The molecule has 0 aliphatic heterocycles. The van der Waals surface area contributed by atoms with Gasteiger partial charge in [-0.1, -0.05) is 23.8 Å². The predicted molar refractivity (Wildman–Crippen MR) is 60.8 cm³/mol. The van der Waals surface area contributed by atoms with Crippen molar-refractivity contribution in [3.63, 3.8) is 0 Å². The Balaban J connectivity index is 3.40. The molecule has 1 unspecified atom stereocenters. The van der Waals surface area contributed by atoms with Gasteiger partial charge in [0.1, 0.15) is 11.0 Å². The number of nitrogens with two attached hydrogens (primary N) is 1. The monoisotopic (exact) mass is 256 g/mol. The molecule has 15 heavy (non-hydrogen) atoms. The zero-order valence-corrected chi connectivity index (χ0v) is 9.65. The Morgan fingerprint density at radius 3 is 2.67 bits per heavy atom. The zero-order valence-electron chi connectivity index (χ0n) is 8.08. The van der Waals surface area contributed by atoms with E-state index in [0.717, 1.165) is 0 Å². The minimum absolute atomic E-state index is 0.0424. The number of carbonyl (C=O) groups is 1. The van der Waals surface area contributed by atoms with Crippen molar-refractivity contribution in [2.24, 2.45) is 5.73 Å². The number of carboxylic acids is 1. The summed E-state index contributed by atoms with van der Waals surface area (Å²) >= 11 is 9.65. The van der Waals surface area contributed by atoms with Crippen LogP contribution in [0.5, 0.6) is 0 Å². The summed E-state index contributed by atoms with van der Waals surface area (Å²) in [5.74, 6) is -1.01. The van der Waals surface area contributed by atoms with Gasteiger partial charge < -0.3 is 16.2 Å². The maximum Gasteiger partial charge on any atom is 0.320 e. The number of halogens is 2. The summed E-state index contributed by atoms with van der Waals surface area (Å²) in [4.78, 5) is 10.3. The van der Waals surface area contributed by atoms with Crippen molar-refractivity contribution in [2.75, 3.05) is 6.54 Å². The van der Waals surface area contributed by atoms with Gasteiger partial charge in [-0.05, 0) is 19.3 Å². The quantitative estimate of drug-likeness (QED) is 0.360. The average Bonchev–Trinajstić information content (AvgIpc) is 2.16. The highest BCUT2D eigenvalue weighted by molar-refractivity contribution is 7.80. The number of aliphatic carboxylic acids is 1. The Kier molecular flexibility index (Phi) is 7.54. The van der Waals surface area contributed by atoms with Crippen LogP contribution in [0.2, 0.25) is 0 Å². The molecule has 88 valence electrons. The van der Waals surface area contributed by atoms with E-state index >= 15 is 0 Å². The van der Waals surface area contributed by atoms with Crippen molar-refractivity contribution in [2.45, 2.75) is 30.9 Å². The van der Waals surface area contributed by atoms with Crippen LogP contribution in [-0.2, 0) is 4.79 Å². The highest BCUT2D eigenvalue weighted by Crippen LogP contribution is 2.01. The van der Waals surface area contributed by atoms with E-state index in [1.165, 1.54) is 0 Å². The minimum Gasteiger partial charge on any atom is -0.480 e. The normalized spacial score (nSPS) is 14.3. The summed E-state index contributed by atoms with van der Waals surface area (Å²) in [6.07, 6.45) is 1.71. The van der Waals surface area contributed by atoms with Gasteiger partial charge in [-0.2, -0.15) is 0 Å². The van der Waals surface area contributed by atoms with Gasteiger partial charge in [-0.25, -0.2) is 4.39 Å². The Bertz CT molecular complexity index is 229. The molecular weight excluding hydrogens is 243 g/mol. The van der Waals surface area contributed by atoms with Gasteiger partial charge in [0.2, 0.25) is 5.63 Å². The molecule has 0 aromatic carbocycles. The van der Waals surface area contributed by atoms with E-state index < -0.39 is 17.6 Å². The number of carboxylic acid groups (broad SMARTS) is 1. The Morgan fingerprint density at radius 1 is 1.60 bits per heavy atom. The van der Waals surface area contributed by atoms with Gasteiger partial charge in [0.05, 0.1) is 0 Å². The zero-order chi connectivity index (χ0) is 11.8. The standard InChI is InChI=1S/C8H14ClFN2O2S/c9-6(10)7(15)12-4-2-1-3-5(11)8(13)14/h5-6H,1-4,11H2,(H,12,15)(H,13,14)/t5-,6?/m0/s1. The van der Waals surface area contributed by atoms with Gasteiger partial charge in [0.25, 0.3) is 0 Å². The van der Waals surface area contributed by atoms with Crippen molar-refractivity contribution in [3.8, 4) is 0 Å². The van der Waals surface area contributed by atoms with Crippen LogP contribution in [0.25, 0.3) is 0 Å². The topological polar surface area (TPSA) is 75.3 Å². The summed E-state index contributed by atoms with van der Waals surface area (Å²) in [6, 6.07) is -0.834. The summed E-state index contributed by atoms with van der Waals surface area (Å²) < 4.78 is 12.3. The van der Waals surface area contributed by atoms with E-state index in [1.807, 2.05) is 0 Å². The molecule has 0 rings (SSSR count). The van der Waals surface area contributed by atoms with Crippen LogP contribution in [-0.4, -0.2) is 34.3 Å². The number of rotatable bonds is 7. The molecule has 0 aliphatic rings. The predicted octanol–water partition coefficient (Wildman–Crippen LogP) is 1.02. The number of unbranched alkanes of at least 4 members (excludes halogenated alkanes) is 1. The first kappa shape index (κ1) is 14.5. The highest BCUT2D eigenvalue weighted by Gasteiger charge is 2.10. The third-order valence-corrected chi connectivity index (χ3v) is 2.46. The molecule has 0 saturated heterocycles. The van der Waals surface area contributed by atoms with E-state index in [9.17, 15) is 9.18 Å². The lowest BCUT2D eigenvalue weighted by Gasteiger charge is -2.08.